The van der Waals surface area contributed by atoms with Crippen LogP contribution in [0.3, 0.4) is 0 Å². The van der Waals surface area contributed by atoms with Crippen molar-refractivity contribution in [1.29, 1.82) is 0 Å². The fourth-order valence-electron chi connectivity index (χ4n) is 4.52. The van der Waals surface area contributed by atoms with Gasteiger partial charge in [-0.2, -0.15) is 8.78 Å². The van der Waals surface area contributed by atoms with Crippen LogP contribution < -0.4 is 20.5 Å². The maximum atomic E-state index is 15.1. The quantitative estimate of drug-likeness (QED) is 0.351. The number of methoxy groups -OCH3 is 1. The molecule has 3 N–H and O–H groups in total. The van der Waals surface area contributed by atoms with E-state index in [2.05, 4.69) is 15.0 Å². The molecule has 0 saturated carbocycles. The third kappa shape index (κ3) is 7.13. The molecule has 1 saturated heterocycles. The van der Waals surface area contributed by atoms with Crippen molar-refractivity contribution in [3.8, 4) is 17.2 Å². The minimum Gasteiger partial charge on any atom is -0.497 e. The van der Waals surface area contributed by atoms with Crippen LogP contribution in [-0.4, -0.2) is 59.0 Å². The van der Waals surface area contributed by atoms with Gasteiger partial charge in [-0.25, -0.2) is 13.8 Å². The topological polar surface area (TPSA) is 129 Å². The number of carbonyl (C=O) groups excluding carboxylic acids is 3. The molecule has 3 aromatic rings. The molecule has 1 aromatic heterocycles. The van der Waals surface area contributed by atoms with Crippen LogP contribution in [0.4, 0.5) is 23.5 Å². The molecule has 0 atom stereocenters. The summed E-state index contributed by atoms with van der Waals surface area (Å²) in [5.74, 6) is -4.00. The molecule has 0 bridgehead atoms. The molecular weight excluding hydrogens is 550 g/mol. The van der Waals surface area contributed by atoms with Crippen molar-refractivity contribution in [2.75, 3.05) is 25.5 Å². The van der Waals surface area contributed by atoms with Crippen LogP contribution in [0.25, 0.3) is 5.69 Å². The Morgan fingerprint density at radius 3 is 2.24 bits per heavy atom. The van der Waals surface area contributed by atoms with Gasteiger partial charge in [0.1, 0.15) is 17.2 Å². The van der Waals surface area contributed by atoms with Crippen LogP contribution in [0.15, 0.2) is 42.6 Å². The van der Waals surface area contributed by atoms with Gasteiger partial charge in [-0.05, 0) is 37.1 Å². The SMILES string of the molecule is COc1cc(F)c(-n2cc(C3CCN(C(=O)CCC(N)=O)CC3)nc2NC(=O)c2ccc(OC(F)F)cc2)c(F)c1. The van der Waals surface area contributed by atoms with Crippen molar-refractivity contribution < 1.29 is 41.4 Å². The van der Waals surface area contributed by atoms with E-state index in [1.54, 1.807) is 4.90 Å². The number of primary amides is 1. The van der Waals surface area contributed by atoms with Crippen molar-refractivity contribution in [3.63, 3.8) is 0 Å². The molecule has 0 unspecified atom stereocenters. The number of hydrogen-bond donors (Lipinski definition) is 2. The van der Waals surface area contributed by atoms with Crippen LogP contribution in [0.1, 0.15) is 47.7 Å². The Bertz CT molecular complexity index is 1400. The molecule has 0 aliphatic carbocycles. The van der Waals surface area contributed by atoms with Gasteiger partial charge in [0.2, 0.25) is 17.8 Å². The standard InChI is InChI=1S/C27H27F4N5O5/c1-40-18-12-19(28)24(20(29)13-18)36-14-21(15-8-10-35(11-9-15)23(38)7-6-22(32)37)33-27(36)34-25(39)16-2-4-17(5-3-16)41-26(30)31/h2-5,12-15,26H,6-11H2,1H3,(H2,32,37)(H,33,34,39). The Kier molecular flexibility index (Phi) is 9.10. The van der Waals surface area contributed by atoms with Gasteiger partial charge in [0.15, 0.2) is 11.6 Å². The summed E-state index contributed by atoms with van der Waals surface area (Å²) in [6, 6.07) is 6.84. The number of likely N-dealkylation sites (tertiary alicyclic amines) is 1. The summed E-state index contributed by atoms with van der Waals surface area (Å²) in [6.45, 7) is -2.29. The number of benzene rings is 2. The number of rotatable bonds is 10. The molecule has 2 aromatic carbocycles. The minimum atomic E-state index is -3.03. The smallest absolute Gasteiger partial charge is 0.387 e. The lowest BCUT2D eigenvalue weighted by Crippen LogP contribution is -2.38. The van der Waals surface area contributed by atoms with Crippen LogP contribution in [0, 0.1) is 11.6 Å². The molecule has 1 aliphatic heterocycles. The summed E-state index contributed by atoms with van der Waals surface area (Å²) in [7, 11) is 1.26. The number of nitrogens with one attached hydrogen (secondary N) is 1. The van der Waals surface area contributed by atoms with Crippen molar-refractivity contribution in [1.82, 2.24) is 14.5 Å². The summed E-state index contributed by atoms with van der Waals surface area (Å²) in [5, 5.41) is 2.53. The third-order valence-corrected chi connectivity index (χ3v) is 6.61. The van der Waals surface area contributed by atoms with E-state index in [0.717, 1.165) is 16.7 Å². The summed E-state index contributed by atoms with van der Waals surface area (Å²) < 4.78 is 65.3. The van der Waals surface area contributed by atoms with E-state index in [0.29, 0.717) is 31.6 Å². The molecular formula is C27H27F4N5O5. The van der Waals surface area contributed by atoms with E-state index in [1.807, 2.05) is 0 Å². The van der Waals surface area contributed by atoms with E-state index in [1.165, 1.54) is 37.6 Å². The number of amides is 3. The molecule has 2 heterocycles. The second-order valence-corrected chi connectivity index (χ2v) is 9.28. The van der Waals surface area contributed by atoms with Crippen molar-refractivity contribution >= 4 is 23.7 Å². The number of nitrogens with two attached hydrogens (primary N) is 1. The first-order valence-corrected chi connectivity index (χ1v) is 12.6. The van der Waals surface area contributed by atoms with Crippen LogP contribution in [-0.2, 0) is 9.59 Å². The van der Waals surface area contributed by atoms with E-state index in [9.17, 15) is 23.2 Å². The highest BCUT2D eigenvalue weighted by Crippen LogP contribution is 2.33. The molecule has 10 nitrogen and oxygen atoms in total. The van der Waals surface area contributed by atoms with Crippen LogP contribution in [0.2, 0.25) is 0 Å². The zero-order chi connectivity index (χ0) is 29.7. The highest BCUT2D eigenvalue weighted by Gasteiger charge is 2.28. The fraction of sp³-hybridized carbons (Fsp3) is 0.333. The van der Waals surface area contributed by atoms with Crippen molar-refractivity contribution in [2.24, 2.45) is 5.73 Å². The Morgan fingerprint density at radius 2 is 1.68 bits per heavy atom. The average molecular weight is 578 g/mol. The van der Waals surface area contributed by atoms with Crippen LogP contribution >= 0.6 is 0 Å². The first-order valence-electron chi connectivity index (χ1n) is 12.6. The molecule has 3 amide bonds. The summed E-state index contributed by atoms with van der Waals surface area (Å²) in [5.41, 5.74) is 5.11. The van der Waals surface area contributed by atoms with Gasteiger partial charge < -0.3 is 20.1 Å². The van der Waals surface area contributed by atoms with Crippen LogP contribution in [0.5, 0.6) is 11.5 Å². The Labute approximate surface area is 232 Å². The highest BCUT2D eigenvalue weighted by molar-refractivity contribution is 6.03. The summed E-state index contributed by atoms with van der Waals surface area (Å²) in [6.07, 6.45) is 2.33. The lowest BCUT2D eigenvalue weighted by molar-refractivity contribution is -0.134. The molecule has 1 aliphatic rings. The predicted molar refractivity (Wildman–Crippen MR) is 138 cm³/mol. The van der Waals surface area contributed by atoms with Gasteiger partial charge in [-0.3, -0.25) is 24.3 Å². The fourth-order valence-corrected chi connectivity index (χ4v) is 4.52. The van der Waals surface area contributed by atoms with E-state index in [-0.39, 0.29) is 47.7 Å². The van der Waals surface area contributed by atoms with Gasteiger partial charge in [-0.15, -0.1) is 0 Å². The van der Waals surface area contributed by atoms with Crippen molar-refractivity contribution in [3.05, 3.63) is 65.5 Å². The summed E-state index contributed by atoms with van der Waals surface area (Å²) in [4.78, 5) is 42.4. The number of carbonyl (C=O) groups is 3. The van der Waals surface area contributed by atoms with E-state index >= 15 is 8.78 Å². The summed E-state index contributed by atoms with van der Waals surface area (Å²) >= 11 is 0. The Morgan fingerprint density at radius 1 is 1.05 bits per heavy atom. The highest BCUT2D eigenvalue weighted by atomic mass is 19.3. The number of hydrogen-bond acceptors (Lipinski definition) is 6. The predicted octanol–water partition coefficient (Wildman–Crippen LogP) is 3.98. The molecule has 0 radical (unpaired) electrons. The van der Waals surface area contributed by atoms with Gasteiger partial charge in [0, 0.05) is 55.7 Å². The number of imidazole rings is 1. The molecule has 14 heteroatoms. The molecule has 0 spiro atoms. The molecule has 41 heavy (non-hydrogen) atoms. The number of aromatic nitrogens is 2. The number of ether oxygens (including phenoxy) is 2. The second-order valence-electron chi connectivity index (χ2n) is 9.28. The number of halogens is 4. The lowest BCUT2D eigenvalue weighted by Gasteiger charge is -2.31. The maximum absolute atomic E-state index is 15.1. The van der Waals surface area contributed by atoms with Gasteiger partial charge in [0.05, 0.1) is 12.8 Å². The zero-order valence-electron chi connectivity index (χ0n) is 21.9. The zero-order valence-corrected chi connectivity index (χ0v) is 21.9. The Balaban J connectivity index is 1.60. The molecule has 4 rings (SSSR count). The average Bonchev–Trinajstić information content (AvgIpc) is 3.34. The lowest BCUT2D eigenvalue weighted by atomic mass is 9.94. The van der Waals surface area contributed by atoms with E-state index in [4.69, 9.17) is 10.5 Å². The Hall–Kier alpha value is -4.62. The number of anilines is 1. The largest absolute Gasteiger partial charge is 0.497 e. The number of piperidine rings is 1. The minimum absolute atomic E-state index is 0.00999. The van der Waals surface area contributed by atoms with Gasteiger partial charge in [-0.1, -0.05) is 0 Å². The molecule has 1 fully saturated rings. The third-order valence-electron chi connectivity index (χ3n) is 6.61. The van der Waals surface area contributed by atoms with Gasteiger partial charge in [0.25, 0.3) is 5.91 Å². The number of alkyl halides is 2. The van der Waals surface area contributed by atoms with E-state index < -0.39 is 35.7 Å². The van der Waals surface area contributed by atoms with Crippen molar-refractivity contribution in [2.45, 2.75) is 38.2 Å². The monoisotopic (exact) mass is 577 g/mol. The first kappa shape index (κ1) is 29.4. The van der Waals surface area contributed by atoms with Gasteiger partial charge >= 0.3 is 6.61 Å². The number of nitrogens with zero attached hydrogens (tertiary/aromatic N) is 3. The normalized spacial score (nSPS) is 13.8. The second kappa shape index (κ2) is 12.7. The first-order chi connectivity index (χ1) is 19.5. The maximum Gasteiger partial charge on any atom is 0.387 e. The molecule has 218 valence electrons.